The Morgan fingerprint density at radius 3 is 2.85 bits per heavy atom. The summed E-state index contributed by atoms with van der Waals surface area (Å²) in [5.74, 6) is -2.05. The van der Waals surface area contributed by atoms with Crippen LogP contribution in [0.2, 0.25) is 5.02 Å². The van der Waals surface area contributed by atoms with Gasteiger partial charge < -0.3 is 10.4 Å². The molecule has 1 saturated carbocycles. The van der Waals surface area contributed by atoms with E-state index >= 15 is 0 Å². The number of amides is 1. The Morgan fingerprint density at radius 2 is 2.08 bits per heavy atom. The van der Waals surface area contributed by atoms with Crippen molar-refractivity contribution < 1.29 is 18.7 Å². The van der Waals surface area contributed by atoms with Gasteiger partial charge in [0, 0.05) is 22.5 Å². The van der Waals surface area contributed by atoms with E-state index < -0.39 is 11.6 Å². The number of benzene rings is 2. The third-order valence-corrected chi connectivity index (χ3v) is 4.30. The molecule has 0 heterocycles. The smallest absolute Gasteiger partial charge is 0.254 e. The van der Waals surface area contributed by atoms with Crippen LogP contribution < -0.4 is 10.7 Å². The second kappa shape index (κ2) is 7.80. The van der Waals surface area contributed by atoms with Gasteiger partial charge in [-0.2, -0.15) is 5.10 Å². The molecule has 0 saturated heterocycles. The zero-order chi connectivity index (χ0) is 18.7. The van der Waals surface area contributed by atoms with Crippen molar-refractivity contribution in [1.82, 2.24) is 10.7 Å². The number of phenolic OH excluding ortho intramolecular Hbond substituents is 1. The Labute approximate surface area is 153 Å². The summed E-state index contributed by atoms with van der Waals surface area (Å²) in [5, 5.41) is 16.9. The minimum Gasteiger partial charge on any atom is -0.507 e. The number of phenols is 1. The van der Waals surface area contributed by atoms with Crippen molar-refractivity contribution in [2.45, 2.75) is 18.4 Å². The van der Waals surface area contributed by atoms with Gasteiger partial charge in [-0.15, -0.1) is 0 Å². The Bertz CT molecular complexity index is 860. The van der Waals surface area contributed by atoms with E-state index in [0.717, 1.165) is 12.5 Å². The van der Waals surface area contributed by atoms with Gasteiger partial charge in [0.25, 0.3) is 5.91 Å². The van der Waals surface area contributed by atoms with E-state index in [1.54, 1.807) is 6.07 Å². The Morgan fingerprint density at radius 1 is 1.27 bits per heavy atom. The number of carbonyl (C=O) groups is 1. The molecule has 26 heavy (non-hydrogen) atoms. The maximum atomic E-state index is 13.2. The summed E-state index contributed by atoms with van der Waals surface area (Å²) in [5.41, 5.74) is 3.42. The first-order chi connectivity index (χ1) is 12.4. The van der Waals surface area contributed by atoms with Gasteiger partial charge in [-0.25, -0.2) is 14.2 Å². The molecular formula is C18H16ClF2N3O2. The van der Waals surface area contributed by atoms with Crippen molar-refractivity contribution in [3.63, 3.8) is 0 Å². The highest BCUT2D eigenvalue weighted by molar-refractivity contribution is 6.30. The fraction of sp³-hybridized carbons (Fsp3) is 0.222. The molecule has 0 radical (unpaired) electrons. The Kier molecular flexibility index (Phi) is 5.49. The molecule has 5 nitrogen and oxygen atoms in total. The van der Waals surface area contributed by atoms with E-state index in [-0.39, 0.29) is 30.2 Å². The van der Waals surface area contributed by atoms with Gasteiger partial charge in [0.15, 0.2) is 11.6 Å². The van der Waals surface area contributed by atoms with Gasteiger partial charge >= 0.3 is 0 Å². The molecule has 0 unspecified atom stereocenters. The lowest BCUT2D eigenvalue weighted by atomic mass is 10.1. The second-order valence-corrected chi connectivity index (χ2v) is 6.44. The number of nitrogens with one attached hydrogen (secondary N) is 2. The lowest BCUT2D eigenvalue weighted by molar-refractivity contribution is -0.120. The largest absolute Gasteiger partial charge is 0.507 e. The van der Waals surface area contributed by atoms with Crippen molar-refractivity contribution in [2.24, 2.45) is 5.10 Å². The van der Waals surface area contributed by atoms with E-state index in [4.69, 9.17) is 11.6 Å². The van der Waals surface area contributed by atoms with Crippen molar-refractivity contribution >= 4 is 23.7 Å². The number of hydrogen-bond donors (Lipinski definition) is 3. The van der Waals surface area contributed by atoms with E-state index in [0.29, 0.717) is 16.1 Å². The molecule has 3 rings (SSSR count). The number of nitrogens with zero attached hydrogens (tertiary/aromatic N) is 1. The maximum Gasteiger partial charge on any atom is 0.254 e. The van der Waals surface area contributed by atoms with Crippen LogP contribution >= 0.6 is 11.6 Å². The fourth-order valence-corrected chi connectivity index (χ4v) is 2.78. The predicted octanol–water partition coefficient (Wildman–Crippen LogP) is 2.92. The maximum absolute atomic E-state index is 13.2. The predicted molar refractivity (Wildman–Crippen MR) is 94.4 cm³/mol. The average Bonchev–Trinajstić information content (AvgIpc) is 3.38. The lowest BCUT2D eigenvalue weighted by Gasteiger charge is -2.04. The normalized spacial score (nSPS) is 18.9. The SMILES string of the molecule is O=C(CN[C@@H]1C[C@H]1c1ccc(F)c(F)c1)N/N=C/c1cc(Cl)ccc1O. The van der Waals surface area contributed by atoms with Gasteiger partial charge in [-0.05, 0) is 42.3 Å². The standard InChI is InChI=1S/C18H16ClF2N3O2/c19-12-2-4-17(25)11(5-12)8-23-24-18(26)9-22-16-7-13(16)10-1-3-14(20)15(21)6-10/h1-6,8,13,16,22,25H,7,9H2,(H,24,26)/b23-8+/t13-,16+/m0/s1. The summed E-state index contributed by atoms with van der Waals surface area (Å²) in [6.07, 6.45) is 2.04. The van der Waals surface area contributed by atoms with E-state index in [1.807, 2.05) is 0 Å². The first kappa shape index (κ1) is 18.3. The van der Waals surface area contributed by atoms with Crippen molar-refractivity contribution in [3.8, 4) is 5.75 Å². The van der Waals surface area contributed by atoms with Crippen LogP contribution in [0.3, 0.4) is 0 Å². The molecule has 0 aromatic heterocycles. The molecule has 1 aliphatic carbocycles. The molecule has 2 aromatic carbocycles. The highest BCUT2D eigenvalue weighted by Crippen LogP contribution is 2.40. The third kappa shape index (κ3) is 4.56. The number of halogens is 3. The zero-order valence-electron chi connectivity index (χ0n) is 13.5. The number of hydrogen-bond acceptors (Lipinski definition) is 4. The minimum absolute atomic E-state index is 0.00197. The van der Waals surface area contributed by atoms with E-state index in [1.165, 1.54) is 30.5 Å². The molecular weight excluding hydrogens is 364 g/mol. The molecule has 2 atom stereocenters. The minimum atomic E-state index is -0.873. The number of carbonyl (C=O) groups excluding carboxylic acids is 1. The Balaban J connectivity index is 1.44. The summed E-state index contributed by atoms with van der Waals surface area (Å²) in [6.45, 7) is 0.0315. The van der Waals surface area contributed by atoms with Crippen molar-refractivity contribution in [1.29, 1.82) is 0 Å². The van der Waals surface area contributed by atoms with Crippen molar-refractivity contribution in [2.75, 3.05) is 6.54 Å². The molecule has 0 aliphatic heterocycles. The molecule has 2 aromatic rings. The van der Waals surface area contributed by atoms with Gasteiger partial charge in [-0.3, -0.25) is 4.79 Å². The molecule has 1 aliphatic rings. The summed E-state index contributed by atoms with van der Waals surface area (Å²) in [4.78, 5) is 11.8. The molecule has 0 spiro atoms. The summed E-state index contributed by atoms with van der Waals surface area (Å²) in [6, 6.07) is 8.35. The molecule has 0 bridgehead atoms. The average molecular weight is 380 g/mol. The van der Waals surface area contributed by atoms with Crippen LogP contribution in [0, 0.1) is 11.6 Å². The first-order valence-corrected chi connectivity index (χ1v) is 8.30. The number of rotatable bonds is 6. The lowest BCUT2D eigenvalue weighted by Crippen LogP contribution is -2.32. The van der Waals surface area contributed by atoms with Gasteiger partial charge in [0.05, 0.1) is 12.8 Å². The van der Waals surface area contributed by atoms with Crippen LogP contribution in [-0.2, 0) is 4.79 Å². The topological polar surface area (TPSA) is 73.7 Å². The van der Waals surface area contributed by atoms with E-state index in [2.05, 4.69) is 15.8 Å². The number of aromatic hydroxyl groups is 1. The molecule has 8 heteroatoms. The van der Waals surface area contributed by atoms with Crippen molar-refractivity contribution in [3.05, 3.63) is 64.2 Å². The summed E-state index contributed by atoms with van der Waals surface area (Å²) >= 11 is 5.82. The van der Waals surface area contributed by atoms with Crippen LogP contribution in [-0.4, -0.2) is 29.8 Å². The highest BCUT2D eigenvalue weighted by Gasteiger charge is 2.38. The molecule has 1 amide bonds. The Hall–Kier alpha value is -2.51. The molecule has 3 N–H and O–H groups in total. The van der Waals surface area contributed by atoms with Crippen LogP contribution in [0.15, 0.2) is 41.5 Å². The quantitative estimate of drug-likeness (QED) is 0.533. The third-order valence-electron chi connectivity index (χ3n) is 4.07. The van der Waals surface area contributed by atoms with Gasteiger partial charge in [0.2, 0.25) is 0 Å². The number of hydrazone groups is 1. The van der Waals surface area contributed by atoms with Crippen LogP contribution in [0.1, 0.15) is 23.5 Å². The van der Waals surface area contributed by atoms with Crippen LogP contribution in [0.5, 0.6) is 5.75 Å². The summed E-state index contributed by atoms with van der Waals surface area (Å²) in [7, 11) is 0. The van der Waals surface area contributed by atoms with Gasteiger partial charge in [0.1, 0.15) is 5.75 Å². The zero-order valence-corrected chi connectivity index (χ0v) is 14.3. The van der Waals surface area contributed by atoms with Gasteiger partial charge in [-0.1, -0.05) is 17.7 Å². The van der Waals surface area contributed by atoms with Crippen LogP contribution in [0.4, 0.5) is 8.78 Å². The summed E-state index contributed by atoms with van der Waals surface area (Å²) < 4.78 is 26.2. The monoisotopic (exact) mass is 379 g/mol. The highest BCUT2D eigenvalue weighted by atomic mass is 35.5. The second-order valence-electron chi connectivity index (χ2n) is 6.00. The molecule has 136 valence electrons. The van der Waals surface area contributed by atoms with E-state index in [9.17, 15) is 18.7 Å². The fourth-order valence-electron chi connectivity index (χ4n) is 2.60. The molecule has 1 fully saturated rings. The first-order valence-electron chi connectivity index (χ1n) is 7.93. The van der Waals surface area contributed by atoms with Crippen LogP contribution in [0.25, 0.3) is 0 Å².